The van der Waals surface area contributed by atoms with Gasteiger partial charge in [0.05, 0.1) is 17.9 Å². The van der Waals surface area contributed by atoms with Crippen molar-refractivity contribution >= 4 is 28.5 Å². The summed E-state index contributed by atoms with van der Waals surface area (Å²) in [7, 11) is 1.80. The SMILES string of the molecule is CN1CCN(c2cnn(C3CN(C(=O)c4cc5ccccc5[nH]4)C3)c2)C1=O. The first-order valence-electron chi connectivity index (χ1n) is 9.04. The van der Waals surface area contributed by atoms with Gasteiger partial charge in [-0.2, -0.15) is 5.10 Å². The van der Waals surface area contributed by atoms with Crippen molar-refractivity contribution in [2.24, 2.45) is 0 Å². The molecule has 2 aliphatic rings. The third-order valence-electron chi connectivity index (χ3n) is 5.40. The molecule has 3 amide bonds. The number of carbonyl (C=O) groups is 2. The van der Waals surface area contributed by atoms with E-state index in [1.807, 2.05) is 46.1 Å². The number of nitrogens with zero attached hydrogens (tertiary/aromatic N) is 5. The van der Waals surface area contributed by atoms with Crippen LogP contribution in [0.15, 0.2) is 42.7 Å². The fourth-order valence-corrected chi connectivity index (χ4v) is 3.70. The Balaban J connectivity index is 1.25. The van der Waals surface area contributed by atoms with Crippen LogP contribution in [0, 0.1) is 0 Å². The Labute approximate surface area is 155 Å². The van der Waals surface area contributed by atoms with Crippen LogP contribution < -0.4 is 4.90 Å². The van der Waals surface area contributed by atoms with Crippen LogP contribution in [-0.4, -0.2) is 69.7 Å². The number of urea groups is 1. The van der Waals surface area contributed by atoms with Gasteiger partial charge in [-0.25, -0.2) is 4.79 Å². The molecule has 8 heteroatoms. The molecule has 2 fully saturated rings. The summed E-state index contributed by atoms with van der Waals surface area (Å²) in [5.74, 6) is 0.00572. The summed E-state index contributed by atoms with van der Waals surface area (Å²) in [6, 6.07) is 9.90. The van der Waals surface area contributed by atoms with E-state index in [9.17, 15) is 9.59 Å². The van der Waals surface area contributed by atoms with Gasteiger partial charge in [0.1, 0.15) is 5.69 Å². The highest BCUT2D eigenvalue weighted by Gasteiger charge is 2.34. The highest BCUT2D eigenvalue weighted by Crippen LogP contribution is 2.27. The lowest BCUT2D eigenvalue weighted by atomic mass is 10.1. The maximum atomic E-state index is 12.7. The molecule has 0 unspecified atom stereocenters. The van der Waals surface area contributed by atoms with Crippen LogP contribution >= 0.6 is 0 Å². The largest absolute Gasteiger partial charge is 0.351 e. The lowest BCUT2D eigenvalue weighted by Crippen LogP contribution is -2.51. The van der Waals surface area contributed by atoms with E-state index in [1.165, 1.54) is 0 Å². The average molecular weight is 364 g/mol. The Hall–Kier alpha value is -3.29. The number of nitrogens with one attached hydrogen (secondary N) is 1. The first-order valence-corrected chi connectivity index (χ1v) is 9.04. The fraction of sp³-hybridized carbons (Fsp3) is 0.316. The van der Waals surface area contributed by atoms with Crippen molar-refractivity contribution in [2.75, 3.05) is 38.1 Å². The predicted molar refractivity (Wildman–Crippen MR) is 101 cm³/mol. The molecule has 2 saturated heterocycles. The lowest BCUT2D eigenvalue weighted by Gasteiger charge is -2.38. The number of anilines is 1. The first kappa shape index (κ1) is 15.9. The number of benzene rings is 1. The van der Waals surface area contributed by atoms with Crippen LogP contribution in [0.25, 0.3) is 10.9 Å². The molecular weight excluding hydrogens is 344 g/mol. The van der Waals surface area contributed by atoms with Crippen molar-refractivity contribution in [3.05, 3.63) is 48.4 Å². The van der Waals surface area contributed by atoms with Crippen LogP contribution in [0.3, 0.4) is 0 Å². The zero-order valence-electron chi connectivity index (χ0n) is 15.0. The van der Waals surface area contributed by atoms with E-state index in [4.69, 9.17) is 0 Å². The monoisotopic (exact) mass is 364 g/mol. The highest BCUT2D eigenvalue weighted by atomic mass is 16.2. The Morgan fingerprint density at radius 1 is 1.22 bits per heavy atom. The molecule has 0 radical (unpaired) electrons. The molecule has 27 heavy (non-hydrogen) atoms. The van der Waals surface area contributed by atoms with Crippen molar-refractivity contribution in [1.82, 2.24) is 24.6 Å². The molecule has 0 atom stereocenters. The van der Waals surface area contributed by atoms with E-state index in [1.54, 1.807) is 23.0 Å². The number of carbonyl (C=O) groups excluding carboxylic acids is 2. The number of amides is 3. The molecule has 2 aromatic heterocycles. The van der Waals surface area contributed by atoms with Crippen molar-refractivity contribution in [2.45, 2.75) is 6.04 Å². The number of H-pyrrole nitrogens is 1. The Kier molecular flexibility index (Phi) is 3.46. The van der Waals surface area contributed by atoms with Gasteiger partial charge in [0.25, 0.3) is 5.91 Å². The number of hydrogen-bond acceptors (Lipinski definition) is 3. The average Bonchev–Trinajstić information content (AvgIpc) is 3.33. The molecule has 0 saturated carbocycles. The van der Waals surface area contributed by atoms with Crippen LogP contribution in [0.4, 0.5) is 10.5 Å². The van der Waals surface area contributed by atoms with E-state index >= 15 is 0 Å². The Bertz CT molecular complexity index is 999. The summed E-state index contributed by atoms with van der Waals surface area (Å²) in [6.07, 6.45) is 3.62. The second kappa shape index (κ2) is 5.87. The van der Waals surface area contributed by atoms with E-state index in [2.05, 4.69) is 10.1 Å². The standard InChI is InChI=1S/C19H20N6O2/c1-22-6-7-24(19(22)27)14-9-20-25(12-14)15-10-23(11-15)18(26)17-8-13-4-2-3-5-16(13)21-17/h2-5,8-9,12,15,21H,6-7,10-11H2,1H3. The molecule has 0 aliphatic carbocycles. The first-order chi connectivity index (χ1) is 13.1. The zero-order valence-corrected chi connectivity index (χ0v) is 15.0. The second-order valence-corrected chi connectivity index (χ2v) is 7.17. The molecule has 4 heterocycles. The molecule has 2 aliphatic heterocycles. The smallest absolute Gasteiger partial charge is 0.324 e. The van der Waals surface area contributed by atoms with Crippen LogP contribution in [0.2, 0.25) is 0 Å². The molecule has 1 aromatic carbocycles. The molecular formula is C19H20N6O2. The fourth-order valence-electron chi connectivity index (χ4n) is 3.70. The van der Waals surface area contributed by atoms with Gasteiger partial charge in [0.15, 0.2) is 0 Å². The topological polar surface area (TPSA) is 77.5 Å². The van der Waals surface area contributed by atoms with Gasteiger partial charge >= 0.3 is 6.03 Å². The number of aromatic nitrogens is 3. The van der Waals surface area contributed by atoms with Crippen LogP contribution in [-0.2, 0) is 0 Å². The van der Waals surface area contributed by atoms with Crippen molar-refractivity contribution in [1.29, 1.82) is 0 Å². The summed E-state index contributed by atoms with van der Waals surface area (Å²) >= 11 is 0. The van der Waals surface area contributed by atoms with Gasteiger partial charge in [-0.1, -0.05) is 18.2 Å². The lowest BCUT2D eigenvalue weighted by molar-refractivity contribution is 0.0496. The van der Waals surface area contributed by atoms with Crippen molar-refractivity contribution < 1.29 is 9.59 Å². The minimum Gasteiger partial charge on any atom is -0.351 e. The van der Waals surface area contributed by atoms with Gasteiger partial charge < -0.3 is 14.8 Å². The minimum atomic E-state index is -0.00113. The van der Waals surface area contributed by atoms with Crippen molar-refractivity contribution in [3.63, 3.8) is 0 Å². The van der Waals surface area contributed by atoms with E-state index in [0.717, 1.165) is 23.1 Å². The van der Waals surface area contributed by atoms with E-state index in [-0.39, 0.29) is 18.0 Å². The number of hydrogen-bond donors (Lipinski definition) is 1. The second-order valence-electron chi connectivity index (χ2n) is 7.17. The number of aromatic amines is 1. The third kappa shape index (κ3) is 2.56. The molecule has 3 aromatic rings. The number of rotatable bonds is 3. The van der Waals surface area contributed by atoms with E-state index < -0.39 is 0 Å². The van der Waals surface area contributed by atoms with Gasteiger partial charge in [0, 0.05) is 50.3 Å². The summed E-state index contributed by atoms with van der Waals surface area (Å²) in [5.41, 5.74) is 2.39. The number of fused-ring (bicyclic) bond motifs is 1. The molecule has 0 bridgehead atoms. The summed E-state index contributed by atoms with van der Waals surface area (Å²) in [6.45, 7) is 2.63. The van der Waals surface area contributed by atoms with Gasteiger partial charge in [-0.3, -0.25) is 14.4 Å². The zero-order chi connectivity index (χ0) is 18.5. The molecule has 138 valence electrons. The van der Waals surface area contributed by atoms with Crippen LogP contribution in [0.1, 0.15) is 16.5 Å². The quantitative estimate of drug-likeness (QED) is 0.771. The maximum Gasteiger partial charge on any atom is 0.324 e. The molecule has 1 N–H and O–H groups in total. The summed E-state index contributed by atoms with van der Waals surface area (Å²) < 4.78 is 1.86. The predicted octanol–water partition coefficient (Wildman–Crippen LogP) is 1.93. The minimum absolute atomic E-state index is 0.00113. The Morgan fingerprint density at radius 2 is 2.04 bits per heavy atom. The van der Waals surface area contributed by atoms with Gasteiger partial charge in [-0.05, 0) is 12.1 Å². The molecule has 0 spiro atoms. The Morgan fingerprint density at radius 3 is 2.78 bits per heavy atom. The van der Waals surface area contributed by atoms with Gasteiger partial charge in [0.2, 0.25) is 0 Å². The maximum absolute atomic E-state index is 12.7. The van der Waals surface area contributed by atoms with Gasteiger partial charge in [-0.15, -0.1) is 0 Å². The normalized spacial score (nSPS) is 17.8. The highest BCUT2D eigenvalue weighted by molar-refractivity contribution is 5.98. The van der Waals surface area contributed by atoms with Crippen molar-refractivity contribution in [3.8, 4) is 0 Å². The summed E-state index contributed by atoms with van der Waals surface area (Å²) in [4.78, 5) is 33.2. The third-order valence-corrected chi connectivity index (χ3v) is 5.40. The van der Waals surface area contributed by atoms with Crippen LogP contribution in [0.5, 0.6) is 0 Å². The number of likely N-dealkylation sites (tertiary alicyclic amines) is 1. The van der Waals surface area contributed by atoms with E-state index in [0.29, 0.717) is 25.3 Å². The molecule has 8 nitrogen and oxygen atoms in total. The molecule has 5 rings (SSSR count). The summed E-state index contributed by atoms with van der Waals surface area (Å²) in [5, 5.41) is 5.44. The number of para-hydroxylation sites is 1. The number of likely N-dealkylation sites (N-methyl/N-ethyl adjacent to an activating group) is 1.